The van der Waals surface area contributed by atoms with Crippen molar-refractivity contribution in [2.24, 2.45) is 5.92 Å². The van der Waals surface area contributed by atoms with Crippen LogP contribution in [0.4, 0.5) is 8.78 Å². The smallest absolute Gasteiger partial charge is 0.185 e. The molecule has 0 spiro atoms. The lowest BCUT2D eigenvalue weighted by molar-refractivity contribution is 0.0935. The van der Waals surface area contributed by atoms with Crippen LogP contribution < -0.4 is 0 Å². The Bertz CT molecular complexity index is 417. The predicted molar refractivity (Wildman–Crippen MR) is 54.7 cm³/mol. The minimum absolute atomic E-state index is 0.309. The summed E-state index contributed by atoms with van der Waals surface area (Å²) in [4.78, 5) is 11.7. The lowest BCUT2D eigenvalue weighted by Crippen LogP contribution is -2.16. The third kappa shape index (κ3) is 2.43. The molecule has 0 aliphatic heterocycles. The van der Waals surface area contributed by atoms with E-state index < -0.39 is 28.9 Å². The number of nitrogens with zero attached hydrogens (tertiary/aromatic N) is 1. The van der Waals surface area contributed by atoms with E-state index in [1.54, 1.807) is 13.0 Å². The van der Waals surface area contributed by atoms with E-state index in [1.165, 1.54) is 6.07 Å². The van der Waals surface area contributed by atoms with E-state index in [0.29, 0.717) is 12.8 Å². The van der Waals surface area contributed by atoms with E-state index in [9.17, 15) is 13.6 Å². The second kappa shape index (κ2) is 5.36. The fraction of sp³-hybridized carbons (Fsp3) is 0.333. The van der Waals surface area contributed by atoms with Gasteiger partial charge in [0.05, 0.1) is 11.6 Å². The molecule has 84 valence electrons. The molecule has 0 radical (unpaired) electrons. The zero-order valence-electron chi connectivity index (χ0n) is 8.84. The van der Waals surface area contributed by atoms with Crippen LogP contribution in [0.25, 0.3) is 0 Å². The first-order chi connectivity index (χ1) is 7.61. The molecule has 1 aromatic carbocycles. The van der Waals surface area contributed by atoms with Crippen molar-refractivity contribution in [1.29, 1.82) is 5.26 Å². The fourth-order valence-corrected chi connectivity index (χ4v) is 1.45. The maximum atomic E-state index is 13.3. The van der Waals surface area contributed by atoms with Crippen LogP contribution in [0.15, 0.2) is 18.2 Å². The van der Waals surface area contributed by atoms with E-state index in [4.69, 9.17) is 5.26 Å². The predicted octanol–water partition coefficient (Wildman–Crippen LogP) is 3.09. The van der Waals surface area contributed by atoms with Crippen LogP contribution >= 0.6 is 0 Å². The summed E-state index contributed by atoms with van der Waals surface area (Å²) >= 11 is 0. The van der Waals surface area contributed by atoms with Crippen LogP contribution in [0.3, 0.4) is 0 Å². The molecule has 1 aromatic rings. The summed E-state index contributed by atoms with van der Waals surface area (Å²) in [5.41, 5.74) is -0.609. The molecule has 2 nitrogen and oxygen atoms in total. The van der Waals surface area contributed by atoms with Crippen molar-refractivity contribution in [3.63, 3.8) is 0 Å². The molecule has 0 fully saturated rings. The van der Waals surface area contributed by atoms with Gasteiger partial charge in [0.25, 0.3) is 0 Å². The summed E-state index contributed by atoms with van der Waals surface area (Å²) in [6.07, 6.45) is 0.920. The Labute approximate surface area is 92.5 Å². The van der Waals surface area contributed by atoms with Crippen LogP contribution in [0, 0.1) is 28.9 Å². The van der Waals surface area contributed by atoms with Gasteiger partial charge in [0, 0.05) is 0 Å². The third-order valence-corrected chi connectivity index (χ3v) is 2.26. The zero-order valence-corrected chi connectivity index (χ0v) is 8.84. The molecule has 1 atom stereocenters. The normalized spacial score (nSPS) is 11.9. The number of hydrogen-bond donors (Lipinski definition) is 0. The Hall–Kier alpha value is -1.76. The van der Waals surface area contributed by atoms with E-state index in [2.05, 4.69) is 0 Å². The topological polar surface area (TPSA) is 40.9 Å². The van der Waals surface area contributed by atoms with Gasteiger partial charge in [-0.3, -0.25) is 4.79 Å². The average molecular weight is 223 g/mol. The molecule has 4 heteroatoms. The fourth-order valence-electron chi connectivity index (χ4n) is 1.45. The number of hydrogen-bond acceptors (Lipinski definition) is 2. The number of carbonyl (C=O) groups excluding carboxylic acids is 1. The largest absolute Gasteiger partial charge is 0.292 e. The van der Waals surface area contributed by atoms with Crippen molar-refractivity contribution in [1.82, 2.24) is 0 Å². The van der Waals surface area contributed by atoms with Crippen molar-refractivity contribution in [3.05, 3.63) is 35.4 Å². The number of carbonyl (C=O) groups is 1. The maximum absolute atomic E-state index is 13.3. The van der Waals surface area contributed by atoms with Crippen molar-refractivity contribution >= 4 is 5.78 Å². The number of benzene rings is 1. The van der Waals surface area contributed by atoms with Gasteiger partial charge in [-0.25, -0.2) is 8.78 Å². The van der Waals surface area contributed by atoms with Gasteiger partial charge in [-0.15, -0.1) is 0 Å². The molecule has 16 heavy (non-hydrogen) atoms. The third-order valence-electron chi connectivity index (χ3n) is 2.26. The monoisotopic (exact) mass is 223 g/mol. The van der Waals surface area contributed by atoms with E-state index >= 15 is 0 Å². The van der Waals surface area contributed by atoms with Gasteiger partial charge in [0.15, 0.2) is 5.78 Å². The molecule has 0 saturated heterocycles. The SMILES string of the molecule is CCCC(C#N)C(=O)c1c(F)cccc1F. The Morgan fingerprint density at radius 3 is 2.44 bits per heavy atom. The second-order valence-corrected chi connectivity index (χ2v) is 3.43. The Kier molecular flexibility index (Phi) is 4.12. The van der Waals surface area contributed by atoms with Crippen molar-refractivity contribution in [3.8, 4) is 6.07 Å². The summed E-state index contributed by atoms with van der Waals surface area (Å²) in [5, 5.41) is 8.75. The van der Waals surface area contributed by atoms with Gasteiger partial charge in [0.2, 0.25) is 0 Å². The second-order valence-electron chi connectivity index (χ2n) is 3.43. The Balaban J connectivity index is 3.09. The molecule has 0 amide bonds. The summed E-state index contributed by atoms with van der Waals surface area (Å²) in [6.45, 7) is 1.80. The highest BCUT2D eigenvalue weighted by atomic mass is 19.1. The summed E-state index contributed by atoms with van der Waals surface area (Å²) < 4.78 is 26.5. The first-order valence-corrected chi connectivity index (χ1v) is 4.99. The van der Waals surface area contributed by atoms with Crippen LogP contribution in [-0.2, 0) is 0 Å². The quantitative estimate of drug-likeness (QED) is 0.736. The van der Waals surface area contributed by atoms with E-state index in [0.717, 1.165) is 12.1 Å². The highest BCUT2D eigenvalue weighted by Gasteiger charge is 2.24. The first-order valence-electron chi connectivity index (χ1n) is 4.99. The minimum Gasteiger partial charge on any atom is -0.292 e. The van der Waals surface area contributed by atoms with Crippen molar-refractivity contribution < 1.29 is 13.6 Å². The van der Waals surface area contributed by atoms with E-state index in [1.807, 2.05) is 0 Å². The zero-order chi connectivity index (χ0) is 12.1. The number of nitriles is 1. The van der Waals surface area contributed by atoms with Gasteiger partial charge >= 0.3 is 0 Å². The highest BCUT2D eigenvalue weighted by Crippen LogP contribution is 2.19. The molecule has 1 rings (SSSR count). The van der Waals surface area contributed by atoms with Gasteiger partial charge in [-0.05, 0) is 18.6 Å². The number of Topliss-reactive ketones (excluding diaryl/α,β-unsaturated/α-hetero) is 1. The van der Waals surface area contributed by atoms with Gasteiger partial charge in [0.1, 0.15) is 17.6 Å². The highest BCUT2D eigenvalue weighted by molar-refractivity contribution is 5.99. The van der Waals surface area contributed by atoms with Crippen LogP contribution in [0.1, 0.15) is 30.1 Å². The lowest BCUT2D eigenvalue weighted by Gasteiger charge is -2.08. The van der Waals surface area contributed by atoms with Crippen LogP contribution in [-0.4, -0.2) is 5.78 Å². The summed E-state index contributed by atoms with van der Waals surface area (Å²) in [5.74, 6) is -3.58. The Morgan fingerprint density at radius 1 is 1.44 bits per heavy atom. The molecular weight excluding hydrogens is 212 g/mol. The summed E-state index contributed by atoms with van der Waals surface area (Å²) in [6, 6.07) is 4.98. The molecule has 1 unspecified atom stereocenters. The molecule has 0 aliphatic carbocycles. The lowest BCUT2D eigenvalue weighted by atomic mass is 9.94. The van der Waals surface area contributed by atoms with Crippen LogP contribution in [0.2, 0.25) is 0 Å². The molecule has 0 bridgehead atoms. The first kappa shape index (κ1) is 12.3. The molecule has 0 heterocycles. The molecule has 0 aliphatic rings. The van der Waals surface area contributed by atoms with Gasteiger partial charge < -0.3 is 0 Å². The number of ketones is 1. The standard InChI is InChI=1S/C12H11F2NO/c1-2-4-8(7-15)12(16)11-9(13)5-3-6-10(11)14/h3,5-6,8H,2,4H2,1H3. The molecule has 0 N–H and O–H groups in total. The van der Waals surface area contributed by atoms with Gasteiger partial charge in [-0.2, -0.15) is 5.26 Å². The van der Waals surface area contributed by atoms with Gasteiger partial charge in [-0.1, -0.05) is 19.4 Å². The number of halogens is 2. The van der Waals surface area contributed by atoms with E-state index in [-0.39, 0.29) is 0 Å². The maximum Gasteiger partial charge on any atom is 0.185 e. The Morgan fingerprint density at radius 2 is 2.00 bits per heavy atom. The average Bonchev–Trinajstić information content (AvgIpc) is 2.25. The molecular formula is C12H11F2NO. The minimum atomic E-state index is -0.976. The number of rotatable bonds is 4. The van der Waals surface area contributed by atoms with Crippen molar-refractivity contribution in [2.75, 3.05) is 0 Å². The summed E-state index contributed by atoms with van der Waals surface area (Å²) in [7, 11) is 0. The molecule has 0 aromatic heterocycles. The van der Waals surface area contributed by atoms with Crippen molar-refractivity contribution in [2.45, 2.75) is 19.8 Å². The van der Waals surface area contributed by atoms with Crippen LogP contribution in [0.5, 0.6) is 0 Å². The molecule has 0 saturated carbocycles.